The Morgan fingerprint density at radius 3 is 3.00 bits per heavy atom. The Kier molecular flexibility index (Phi) is 3.74. The molecule has 2 aromatic heterocycles. The second-order valence-corrected chi connectivity index (χ2v) is 4.04. The molecule has 0 spiro atoms. The van der Waals surface area contributed by atoms with Crippen molar-refractivity contribution in [3.8, 4) is 11.5 Å². The summed E-state index contributed by atoms with van der Waals surface area (Å²) >= 11 is 3.27. The first-order chi connectivity index (χ1) is 7.81. The average Bonchev–Trinajstić information content (AvgIpc) is 2.87. The zero-order valence-corrected chi connectivity index (χ0v) is 10.5. The van der Waals surface area contributed by atoms with E-state index in [0.717, 1.165) is 24.9 Å². The van der Waals surface area contributed by atoms with Gasteiger partial charge in [-0.2, -0.15) is 0 Å². The van der Waals surface area contributed by atoms with Gasteiger partial charge in [0.15, 0.2) is 4.67 Å². The van der Waals surface area contributed by atoms with Gasteiger partial charge in [-0.3, -0.25) is 0 Å². The molecule has 0 bridgehead atoms. The molecular formula is C10H12BrN3O2. The van der Waals surface area contributed by atoms with Crippen LogP contribution in [0.25, 0.3) is 11.5 Å². The minimum Gasteiger partial charge on any atom is -0.457 e. The summed E-state index contributed by atoms with van der Waals surface area (Å²) in [6.07, 6.45) is 3.33. The van der Waals surface area contributed by atoms with Crippen LogP contribution in [0.15, 0.2) is 25.8 Å². The molecule has 0 aliphatic heterocycles. The summed E-state index contributed by atoms with van der Waals surface area (Å²) in [4.78, 5) is 0. The van der Waals surface area contributed by atoms with E-state index < -0.39 is 0 Å². The van der Waals surface area contributed by atoms with Gasteiger partial charge in [0.2, 0.25) is 5.89 Å². The maximum atomic E-state index is 5.52. The number of nitrogens with one attached hydrogen (secondary N) is 1. The van der Waals surface area contributed by atoms with Crippen molar-refractivity contribution in [2.75, 3.05) is 13.6 Å². The van der Waals surface area contributed by atoms with Crippen molar-refractivity contribution in [1.82, 2.24) is 15.5 Å². The minimum absolute atomic E-state index is 0.486. The van der Waals surface area contributed by atoms with Gasteiger partial charge in [0.1, 0.15) is 0 Å². The second kappa shape index (κ2) is 5.27. The monoisotopic (exact) mass is 285 g/mol. The molecule has 2 heterocycles. The number of hydrogen-bond donors (Lipinski definition) is 1. The zero-order valence-electron chi connectivity index (χ0n) is 8.86. The van der Waals surface area contributed by atoms with Crippen LogP contribution >= 0.6 is 15.9 Å². The van der Waals surface area contributed by atoms with E-state index in [1.807, 2.05) is 7.05 Å². The maximum absolute atomic E-state index is 5.52. The normalized spacial score (nSPS) is 10.9. The van der Waals surface area contributed by atoms with Crippen LogP contribution in [0.4, 0.5) is 0 Å². The summed E-state index contributed by atoms with van der Waals surface area (Å²) in [5.41, 5.74) is 0.785. The molecule has 0 fully saturated rings. The highest BCUT2D eigenvalue weighted by Crippen LogP contribution is 2.28. The smallest absolute Gasteiger partial charge is 0.252 e. The first kappa shape index (κ1) is 11.3. The fraction of sp³-hybridized carbons (Fsp3) is 0.400. The predicted molar refractivity (Wildman–Crippen MR) is 61.9 cm³/mol. The van der Waals surface area contributed by atoms with E-state index in [-0.39, 0.29) is 0 Å². The molecule has 6 heteroatoms. The molecule has 2 aromatic rings. The Labute approximate surface area is 101 Å². The molecule has 86 valence electrons. The minimum atomic E-state index is 0.486. The molecule has 1 N–H and O–H groups in total. The van der Waals surface area contributed by atoms with Gasteiger partial charge < -0.3 is 14.2 Å². The first-order valence-electron chi connectivity index (χ1n) is 5.01. The Bertz CT molecular complexity index is 452. The highest BCUT2D eigenvalue weighted by atomic mass is 79.9. The number of halogens is 1. The van der Waals surface area contributed by atoms with Crippen molar-refractivity contribution in [3.63, 3.8) is 0 Å². The maximum Gasteiger partial charge on any atom is 0.252 e. The van der Waals surface area contributed by atoms with E-state index in [4.69, 9.17) is 8.83 Å². The molecule has 0 aliphatic carbocycles. The molecule has 0 saturated heterocycles. The number of aromatic nitrogens is 2. The van der Waals surface area contributed by atoms with Gasteiger partial charge >= 0.3 is 0 Å². The third-order valence-electron chi connectivity index (χ3n) is 2.13. The van der Waals surface area contributed by atoms with Gasteiger partial charge in [0, 0.05) is 6.42 Å². The Hall–Kier alpha value is -1.14. The van der Waals surface area contributed by atoms with E-state index in [0.29, 0.717) is 16.5 Å². The molecule has 0 atom stereocenters. The lowest BCUT2D eigenvalue weighted by Crippen LogP contribution is -2.08. The predicted octanol–water partition coefficient (Wildman–Crippen LogP) is 2.24. The number of aryl methyl sites for hydroxylation is 1. The van der Waals surface area contributed by atoms with E-state index in [1.54, 1.807) is 12.3 Å². The lowest BCUT2D eigenvalue weighted by molar-refractivity contribution is 0.491. The van der Waals surface area contributed by atoms with Crippen molar-refractivity contribution >= 4 is 15.9 Å². The van der Waals surface area contributed by atoms with Crippen LogP contribution in [0.5, 0.6) is 0 Å². The average molecular weight is 286 g/mol. The van der Waals surface area contributed by atoms with Crippen molar-refractivity contribution in [1.29, 1.82) is 0 Å². The summed E-state index contributed by atoms with van der Waals surface area (Å²) in [5, 5.41) is 11.0. The molecule has 0 radical (unpaired) electrons. The van der Waals surface area contributed by atoms with Crippen LogP contribution in [0, 0.1) is 0 Å². The summed E-state index contributed by atoms with van der Waals surface area (Å²) in [7, 11) is 1.92. The topological polar surface area (TPSA) is 64.1 Å². The number of nitrogens with zero attached hydrogens (tertiary/aromatic N) is 2. The highest BCUT2D eigenvalue weighted by Gasteiger charge is 2.13. The Morgan fingerprint density at radius 2 is 2.31 bits per heavy atom. The molecule has 5 nitrogen and oxygen atoms in total. The molecule has 0 aliphatic rings. The van der Waals surface area contributed by atoms with Crippen LogP contribution < -0.4 is 5.32 Å². The quantitative estimate of drug-likeness (QED) is 0.854. The molecular weight excluding hydrogens is 274 g/mol. The summed E-state index contributed by atoms with van der Waals surface area (Å²) in [6.45, 7) is 0.938. The van der Waals surface area contributed by atoms with Gasteiger partial charge in [-0.05, 0) is 42.0 Å². The Balaban J connectivity index is 2.05. The van der Waals surface area contributed by atoms with E-state index in [1.165, 1.54) is 0 Å². The largest absolute Gasteiger partial charge is 0.457 e. The summed E-state index contributed by atoms with van der Waals surface area (Å²) < 4.78 is 11.2. The molecule has 0 unspecified atom stereocenters. The van der Waals surface area contributed by atoms with E-state index in [9.17, 15) is 0 Å². The fourth-order valence-electron chi connectivity index (χ4n) is 1.33. The molecule has 0 amide bonds. The molecule has 0 aromatic carbocycles. The van der Waals surface area contributed by atoms with Gasteiger partial charge in [-0.25, -0.2) is 0 Å². The zero-order chi connectivity index (χ0) is 11.4. The molecule has 16 heavy (non-hydrogen) atoms. The van der Waals surface area contributed by atoms with Gasteiger partial charge in [-0.15, -0.1) is 10.2 Å². The van der Waals surface area contributed by atoms with E-state index >= 15 is 0 Å². The summed E-state index contributed by atoms with van der Waals surface area (Å²) in [5.74, 6) is 1.14. The Morgan fingerprint density at radius 1 is 1.44 bits per heavy atom. The van der Waals surface area contributed by atoms with Crippen LogP contribution in [-0.4, -0.2) is 23.8 Å². The third-order valence-corrected chi connectivity index (χ3v) is 2.75. The number of furan rings is 1. The van der Waals surface area contributed by atoms with Gasteiger partial charge in [0.05, 0.1) is 11.8 Å². The summed E-state index contributed by atoms with van der Waals surface area (Å²) in [6, 6.07) is 1.79. The van der Waals surface area contributed by atoms with Gasteiger partial charge in [0.25, 0.3) is 5.89 Å². The molecule has 2 rings (SSSR count). The van der Waals surface area contributed by atoms with Crippen LogP contribution in [0.1, 0.15) is 12.3 Å². The van der Waals surface area contributed by atoms with Crippen LogP contribution in [0.3, 0.4) is 0 Å². The molecule has 0 saturated carbocycles. The van der Waals surface area contributed by atoms with Crippen molar-refractivity contribution in [3.05, 3.63) is 22.9 Å². The van der Waals surface area contributed by atoms with Gasteiger partial charge in [-0.1, -0.05) is 0 Å². The number of hydrogen-bond acceptors (Lipinski definition) is 5. The van der Waals surface area contributed by atoms with Crippen molar-refractivity contribution in [2.24, 2.45) is 0 Å². The number of rotatable bonds is 5. The standard InChI is InChI=1S/C10H12BrN3O2/c1-12-5-2-3-8-13-14-10(16-8)7-4-6-15-9(7)11/h4,6,12H,2-3,5H2,1H3. The van der Waals surface area contributed by atoms with Crippen molar-refractivity contribution in [2.45, 2.75) is 12.8 Å². The SMILES string of the molecule is CNCCCc1nnc(-c2ccoc2Br)o1. The van der Waals surface area contributed by atoms with Crippen LogP contribution in [0.2, 0.25) is 0 Å². The highest BCUT2D eigenvalue weighted by molar-refractivity contribution is 9.10. The first-order valence-corrected chi connectivity index (χ1v) is 5.81. The lowest BCUT2D eigenvalue weighted by Gasteiger charge is -1.94. The lowest BCUT2D eigenvalue weighted by atomic mass is 10.3. The van der Waals surface area contributed by atoms with Crippen LogP contribution in [-0.2, 0) is 6.42 Å². The second-order valence-electron chi connectivity index (χ2n) is 3.32. The third kappa shape index (κ3) is 2.51. The van der Waals surface area contributed by atoms with Crippen molar-refractivity contribution < 1.29 is 8.83 Å². The fourth-order valence-corrected chi connectivity index (χ4v) is 1.74. The van der Waals surface area contributed by atoms with E-state index in [2.05, 4.69) is 31.4 Å².